The molecule has 0 aromatic heterocycles. The number of benzene rings is 2. The summed E-state index contributed by atoms with van der Waals surface area (Å²) in [4.78, 5) is 39.6. The smallest absolute Gasteiger partial charge is 0.321 e. The Morgan fingerprint density at radius 1 is 0.966 bits per heavy atom. The second kappa shape index (κ2) is 9.23. The maximum Gasteiger partial charge on any atom is 0.321 e. The van der Waals surface area contributed by atoms with Gasteiger partial charge in [0.2, 0.25) is 0 Å². The molecule has 0 bridgehead atoms. The number of piperazine rings is 1. The van der Waals surface area contributed by atoms with Gasteiger partial charge >= 0.3 is 6.03 Å². The van der Waals surface area contributed by atoms with Crippen molar-refractivity contribution in [2.45, 2.75) is 13.8 Å². The first-order chi connectivity index (χ1) is 13.9. The van der Waals surface area contributed by atoms with E-state index in [4.69, 9.17) is 4.74 Å². The summed E-state index contributed by atoms with van der Waals surface area (Å²) < 4.78 is 5.54. The number of carbonyl (C=O) groups is 3. The molecule has 0 saturated carbocycles. The maximum atomic E-state index is 12.4. The van der Waals surface area contributed by atoms with E-state index >= 15 is 0 Å². The zero-order chi connectivity index (χ0) is 20.8. The number of Topliss-reactive ketones (excluding diaryl/α,β-unsaturated/α-hetero) is 1. The number of amides is 3. The third kappa shape index (κ3) is 5.57. The minimum absolute atomic E-state index is 0.0539. The average molecular weight is 395 g/mol. The van der Waals surface area contributed by atoms with E-state index in [9.17, 15) is 14.4 Å². The van der Waals surface area contributed by atoms with Crippen molar-refractivity contribution >= 4 is 23.4 Å². The van der Waals surface area contributed by atoms with Gasteiger partial charge in [0.1, 0.15) is 5.75 Å². The van der Waals surface area contributed by atoms with Crippen LogP contribution in [-0.4, -0.2) is 60.3 Å². The molecular formula is C22H25N3O4. The Morgan fingerprint density at radius 3 is 2.34 bits per heavy atom. The fraction of sp³-hybridized carbons (Fsp3) is 0.318. The lowest BCUT2D eigenvalue weighted by Crippen LogP contribution is -2.52. The predicted octanol–water partition coefficient (Wildman–Crippen LogP) is 2.95. The zero-order valence-corrected chi connectivity index (χ0v) is 16.7. The van der Waals surface area contributed by atoms with Crippen molar-refractivity contribution in [2.75, 3.05) is 38.1 Å². The molecule has 152 valence electrons. The van der Waals surface area contributed by atoms with E-state index < -0.39 is 0 Å². The fourth-order valence-corrected chi connectivity index (χ4v) is 3.13. The Labute approximate surface area is 170 Å². The molecule has 1 fully saturated rings. The third-order valence-electron chi connectivity index (χ3n) is 4.79. The average Bonchev–Trinajstić information content (AvgIpc) is 2.72. The Hall–Kier alpha value is -3.35. The summed E-state index contributed by atoms with van der Waals surface area (Å²) in [5.41, 5.74) is 2.38. The lowest BCUT2D eigenvalue weighted by atomic mass is 10.1. The molecule has 0 radical (unpaired) electrons. The minimum Gasteiger partial charge on any atom is -0.484 e. The molecule has 1 aliphatic rings. The van der Waals surface area contributed by atoms with E-state index in [1.807, 2.05) is 31.2 Å². The van der Waals surface area contributed by atoms with Crippen molar-refractivity contribution < 1.29 is 19.1 Å². The van der Waals surface area contributed by atoms with Crippen LogP contribution in [0.25, 0.3) is 0 Å². The molecule has 1 aliphatic heterocycles. The summed E-state index contributed by atoms with van der Waals surface area (Å²) in [6, 6.07) is 14.2. The number of hydrogen-bond acceptors (Lipinski definition) is 4. The van der Waals surface area contributed by atoms with Crippen LogP contribution in [0.5, 0.6) is 5.75 Å². The van der Waals surface area contributed by atoms with E-state index in [0.717, 1.165) is 11.3 Å². The summed E-state index contributed by atoms with van der Waals surface area (Å²) in [6.45, 7) is 5.19. The molecule has 2 aromatic carbocycles. The van der Waals surface area contributed by atoms with E-state index in [0.29, 0.717) is 37.5 Å². The van der Waals surface area contributed by atoms with E-state index in [1.54, 1.807) is 34.1 Å². The van der Waals surface area contributed by atoms with Crippen molar-refractivity contribution in [2.24, 2.45) is 0 Å². The number of nitrogens with one attached hydrogen (secondary N) is 1. The van der Waals surface area contributed by atoms with Crippen LogP contribution in [0.3, 0.4) is 0 Å². The SMILES string of the molecule is CC(=O)c1cccc(OCC(=O)N2CCN(C(=O)Nc3cccc(C)c3)CC2)c1. The molecule has 0 unspecified atom stereocenters. The Bertz CT molecular complexity index is 904. The van der Waals surface area contributed by atoms with Gasteiger partial charge in [-0.1, -0.05) is 24.3 Å². The summed E-state index contributed by atoms with van der Waals surface area (Å²) >= 11 is 0. The van der Waals surface area contributed by atoms with Crippen molar-refractivity contribution in [1.82, 2.24) is 9.80 Å². The number of ether oxygens (including phenoxy) is 1. The molecule has 0 atom stereocenters. The lowest BCUT2D eigenvalue weighted by Gasteiger charge is -2.34. The summed E-state index contributed by atoms with van der Waals surface area (Å²) in [5, 5.41) is 2.89. The number of urea groups is 1. The van der Waals surface area contributed by atoms with E-state index in [-0.39, 0.29) is 24.3 Å². The first-order valence-corrected chi connectivity index (χ1v) is 9.56. The molecule has 3 rings (SSSR count). The third-order valence-corrected chi connectivity index (χ3v) is 4.79. The first kappa shape index (κ1) is 20.4. The topological polar surface area (TPSA) is 79.0 Å². The van der Waals surface area contributed by atoms with Gasteiger partial charge in [0.25, 0.3) is 5.91 Å². The number of rotatable bonds is 5. The summed E-state index contributed by atoms with van der Waals surface area (Å²) in [5.74, 6) is 0.293. The monoisotopic (exact) mass is 395 g/mol. The van der Waals surface area contributed by atoms with E-state index in [1.165, 1.54) is 6.92 Å². The zero-order valence-electron chi connectivity index (χ0n) is 16.7. The van der Waals surface area contributed by atoms with Crippen LogP contribution in [0, 0.1) is 6.92 Å². The summed E-state index contributed by atoms with van der Waals surface area (Å²) in [6.07, 6.45) is 0. The molecule has 0 spiro atoms. The molecule has 2 aromatic rings. The predicted molar refractivity (Wildman–Crippen MR) is 110 cm³/mol. The lowest BCUT2D eigenvalue weighted by molar-refractivity contribution is -0.134. The largest absolute Gasteiger partial charge is 0.484 e. The van der Waals surface area contributed by atoms with Crippen molar-refractivity contribution in [3.05, 3.63) is 59.7 Å². The second-order valence-corrected chi connectivity index (χ2v) is 7.04. The highest BCUT2D eigenvalue weighted by molar-refractivity contribution is 5.94. The van der Waals surface area contributed by atoms with Gasteiger partial charge in [-0.15, -0.1) is 0 Å². The van der Waals surface area contributed by atoms with Crippen LogP contribution in [0.4, 0.5) is 10.5 Å². The Balaban J connectivity index is 1.46. The highest BCUT2D eigenvalue weighted by Gasteiger charge is 2.24. The molecule has 1 heterocycles. The molecule has 7 heteroatoms. The fourth-order valence-electron chi connectivity index (χ4n) is 3.13. The van der Waals surface area contributed by atoms with Crippen LogP contribution in [0.2, 0.25) is 0 Å². The highest BCUT2D eigenvalue weighted by Crippen LogP contribution is 2.15. The molecule has 7 nitrogen and oxygen atoms in total. The number of hydrogen-bond donors (Lipinski definition) is 1. The quantitative estimate of drug-likeness (QED) is 0.790. The van der Waals surface area contributed by atoms with Crippen LogP contribution in [-0.2, 0) is 4.79 Å². The molecule has 3 amide bonds. The number of aryl methyl sites for hydroxylation is 1. The van der Waals surface area contributed by atoms with Gasteiger partial charge in [-0.05, 0) is 43.7 Å². The molecular weight excluding hydrogens is 370 g/mol. The second-order valence-electron chi connectivity index (χ2n) is 7.04. The van der Waals surface area contributed by atoms with Crippen molar-refractivity contribution in [1.29, 1.82) is 0 Å². The van der Waals surface area contributed by atoms with Gasteiger partial charge in [0, 0.05) is 37.4 Å². The molecule has 1 N–H and O–H groups in total. The number of anilines is 1. The minimum atomic E-state index is -0.167. The number of carbonyl (C=O) groups excluding carboxylic acids is 3. The van der Waals surface area contributed by atoms with Crippen LogP contribution in [0.15, 0.2) is 48.5 Å². The first-order valence-electron chi connectivity index (χ1n) is 9.56. The Morgan fingerprint density at radius 2 is 1.66 bits per heavy atom. The van der Waals surface area contributed by atoms with Crippen LogP contribution in [0.1, 0.15) is 22.8 Å². The van der Waals surface area contributed by atoms with Crippen molar-refractivity contribution in [3.8, 4) is 5.75 Å². The van der Waals surface area contributed by atoms with Gasteiger partial charge in [-0.3, -0.25) is 9.59 Å². The number of ketones is 1. The maximum absolute atomic E-state index is 12.4. The van der Waals surface area contributed by atoms with Gasteiger partial charge in [-0.2, -0.15) is 0 Å². The van der Waals surface area contributed by atoms with Gasteiger partial charge in [0.05, 0.1) is 0 Å². The number of nitrogens with zero attached hydrogens (tertiary/aromatic N) is 2. The standard InChI is InChI=1S/C22H25N3O4/c1-16-5-3-7-19(13-16)23-22(28)25-11-9-24(10-12-25)21(27)15-29-20-8-4-6-18(14-20)17(2)26/h3-8,13-14H,9-12,15H2,1-2H3,(H,23,28). The Kier molecular flexibility index (Phi) is 6.49. The van der Waals surface area contributed by atoms with Gasteiger partial charge in [0.15, 0.2) is 12.4 Å². The molecule has 1 saturated heterocycles. The van der Waals surface area contributed by atoms with Gasteiger partial charge in [-0.25, -0.2) is 4.79 Å². The van der Waals surface area contributed by atoms with Crippen molar-refractivity contribution in [3.63, 3.8) is 0 Å². The molecule has 0 aliphatic carbocycles. The van der Waals surface area contributed by atoms with Gasteiger partial charge < -0.3 is 19.9 Å². The molecule has 29 heavy (non-hydrogen) atoms. The normalized spacial score (nSPS) is 13.7. The van der Waals surface area contributed by atoms with Crippen LogP contribution >= 0.6 is 0 Å². The highest BCUT2D eigenvalue weighted by atomic mass is 16.5. The van der Waals surface area contributed by atoms with Crippen LogP contribution < -0.4 is 10.1 Å². The summed E-state index contributed by atoms with van der Waals surface area (Å²) in [7, 11) is 0. The van der Waals surface area contributed by atoms with E-state index in [2.05, 4.69) is 5.32 Å².